The number of aromatic nitrogens is 1. The first-order valence-electron chi connectivity index (χ1n) is 7.85. The summed E-state index contributed by atoms with van der Waals surface area (Å²) in [5.74, 6) is -1.09. The highest BCUT2D eigenvalue weighted by Crippen LogP contribution is 2.32. The van der Waals surface area contributed by atoms with Gasteiger partial charge in [-0.3, -0.25) is 9.59 Å². The number of benzene rings is 2. The lowest BCUT2D eigenvalue weighted by Crippen LogP contribution is -2.39. The lowest BCUT2D eigenvalue weighted by molar-refractivity contribution is -0.137. The van der Waals surface area contributed by atoms with Gasteiger partial charge in [-0.2, -0.15) is 0 Å². The van der Waals surface area contributed by atoms with Crippen LogP contribution in [0.15, 0.2) is 54.6 Å². The van der Waals surface area contributed by atoms with Crippen molar-refractivity contribution in [1.82, 2.24) is 4.57 Å². The van der Waals surface area contributed by atoms with Crippen LogP contribution in [0.4, 0.5) is 5.69 Å². The van der Waals surface area contributed by atoms with Crippen molar-refractivity contribution in [3.8, 4) is 0 Å². The van der Waals surface area contributed by atoms with E-state index in [1.165, 1.54) is 0 Å². The van der Waals surface area contributed by atoms with Gasteiger partial charge in [-0.25, -0.2) is 0 Å². The van der Waals surface area contributed by atoms with Crippen molar-refractivity contribution in [3.05, 3.63) is 65.9 Å². The highest BCUT2D eigenvalue weighted by molar-refractivity contribution is 6.11. The van der Waals surface area contributed by atoms with Crippen LogP contribution >= 0.6 is 0 Å². The molecule has 3 aromatic rings. The van der Waals surface area contributed by atoms with Crippen molar-refractivity contribution in [2.45, 2.75) is 13.0 Å². The highest BCUT2D eigenvalue weighted by Gasteiger charge is 2.32. The number of aliphatic carboxylic acids is 1. The summed E-state index contributed by atoms with van der Waals surface area (Å²) in [4.78, 5) is 26.1. The van der Waals surface area contributed by atoms with Gasteiger partial charge in [-0.15, -0.1) is 0 Å². The fourth-order valence-corrected chi connectivity index (χ4v) is 3.48. The predicted octanol–water partition coefficient (Wildman–Crippen LogP) is 2.93. The normalized spacial score (nSPS) is 14.0. The van der Waals surface area contributed by atoms with Gasteiger partial charge >= 0.3 is 5.97 Å². The number of hydrogen-bond donors (Lipinski definition) is 1. The molecule has 2 heterocycles. The molecule has 24 heavy (non-hydrogen) atoms. The number of para-hydroxylation sites is 2. The molecule has 1 aliphatic heterocycles. The van der Waals surface area contributed by atoms with Gasteiger partial charge in [0, 0.05) is 23.1 Å². The molecule has 1 aliphatic rings. The summed E-state index contributed by atoms with van der Waals surface area (Å²) in [6.07, 6.45) is 0.711. The predicted molar refractivity (Wildman–Crippen MR) is 91.4 cm³/mol. The number of hydrogen-bond acceptors (Lipinski definition) is 2. The first-order valence-corrected chi connectivity index (χ1v) is 7.85. The summed E-state index contributed by atoms with van der Waals surface area (Å²) < 4.78 is 1.63. The van der Waals surface area contributed by atoms with E-state index in [-0.39, 0.29) is 12.5 Å². The van der Waals surface area contributed by atoms with Gasteiger partial charge in [-0.1, -0.05) is 36.4 Å². The molecule has 1 aromatic heterocycles. The Morgan fingerprint density at radius 2 is 1.75 bits per heavy atom. The van der Waals surface area contributed by atoms with E-state index in [0.29, 0.717) is 18.7 Å². The van der Waals surface area contributed by atoms with Crippen LogP contribution in [0, 0.1) is 0 Å². The zero-order chi connectivity index (χ0) is 16.7. The van der Waals surface area contributed by atoms with Gasteiger partial charge in [0.2, 0.25) is 0 Å². The number of amides is 1. The third kappa shape index (κ3) is 2.17. The molecule has 0 fully saturated rings. The van der Waals surface area contributed by atoms with E-state index in [0.717, 1.165) is 22.2 Å². The minimum absolute atomic E-state index is 0.139. The number of carbonyl (C=O) groups excluding carboxylic acids is 1. The molecule has 120 valence electrons. The topological polar surface area (TPSA) is 62.5 Å². The summed E-state index contributed by atoms with van der Waals surface area (Å²) in [6, 6.07) is 17.1. The Morgan fingerprint density at radius 3 is 2.50 bits per heavy atom. The molecule has 0 atom stereocenters. The largest absolute Gasteiger partial charge is 0.480 e. The molecule has 0 bridgehead atoms. The summed E-state index contributed by atoms with van der Waals surface area (Å²) >= 11 is 0. The Bertz CT molecular complexity index is 944. The maximum Gasteiger partial charge on any atom is 0.323 e. The zero-order valence-electron chi connectivity index (χ0n) is 13.0. The highest BCUT2D eigenvalue weighted by atomic mass is 16.4. The molecule has 0 unspecified atom stereocenters. The van der Waals surface area contributed by atoms with Crippen LogP contribution < -0.4 is 4.90 Å². The van der Waals surface area contributed by atoms with Crippen molar-refractivity contribution in [1.29, 1.82) is 0 Å². The van der Waals surface area contributed by atoms with Gasteiger partial charge < -0.3 is 14.6 Å². The number of nitrogens with zero attached hydrogens (tertiary/aromatic N) is 2. The van der Waals surface area contributed by atoms with E-state index in [1.54, 1.807) is 9.47 Å². The van der Waals surface area contributed by atoms with Crippen molar-refractivity contribution < 1.29 is 14.7 Å². The number of anilines is 1. The minimum Gasteiger partial charge on any atom is -0.480 e. The number of carbonyl (C=O) groups is 2. The van der Waals surface area contributed by atoms with E-state index < -0.39 is 5.97 Å². The Morgan fingerprint density at radius 1 is 1.04 bits per heavy atom. The van der Waals surface area contributed by atoms with Crippen molar-refractivity contribution in [2.24, 2.45) is 0 Å². The Balaban J connectivity index is 1.90. The van der Waals surface area contributed by atoms with E-state index in [2.05, 4.69) is 0 Å². The number of fused-ring (bicyclic) bond motifs is 3. The van der Waals surface area contributed by atoms with Gasteiger partial charge in [0.25, 0.3) is 5.91 Å². The second-order valence-electron chi connectivity index (χ2n) is 5.87. The third-order valence-corrected chi connectivity index (χ3v) is 4.47. The summed E-state index contributed by atoms with van der Waals surface area (Å²) in [5, 5.41) is 10.2. The number of rotatable bonds is 3. The quantitative estimate of drug-likeness (QED) is 0.807. The molecule has 0 radical (unpaired) electrons. The lowest BCUT2D eigenvalue weighted by Gasteiger charge is -2.28. The average molecular weight is 320 g/mol. The van der Waals surface area contributed by atoms with E-state index in [9.17, 15) is 14.7 Å². The first-order chi connectivity index (χ1) is 11.7. The van der Waals surface area contributed by atoms with Crippen LogP contribution in [0.5, 0.6) is 0 Å². The maximum absolute atomic E-state index is 13.1. The monoisotopic (exact) mass is 320 g/mol. The molecule has 1 amide bonds. The summed E-state index contributed by atoms with van der Waals surface area (Å²) in [5.41, 5.74) is 3.08. The maximum atomic E-state index is 13.1. The van der Waals surface area contributed by atoms with Crippen LogP contribution in [0.25, 0.3) is 10.9 Å². The molecular formula is C19H16N2O3. The van der Waals surface area contributed by atoms with Crippen LogP contribution in [0.1, 0.15) is 16.1 Å². The Kier molecular flexibility index (Phi) is 3.34. The van der Waals surface area contributed by atoms with Gasteiger partial charge in [0.1, 0.15) is 12.2 Å². The van der Waals surface area contributed by atoms with Crippen molar-refractivity contribution in [2.75, 3.05) is 11.4 Å². The van der Waals surface area contributed by atoms with Gasteiger partial charge in [0.05, 0.1) is 0 Å². The molecule has 1 N–H and O–H groups in total. The molecular weight excluding hydrogens is 304 g/mol. The lowest BCUT2D eigenvalue weighted by atomic mass is 10.0. The van der Waals surface area contributed by atoms with Gasteiger partial charge in [0.15, 0.2) is 0 Å². The first kappa shape index (κ1) is 14.5. The fourth-order valence-electron chi connectivity index (χ4n) is 3.48. The van der Waals surface area contributed by atoms with Crippen molar-refractivity contribution >= 4 is 28.5 Å². The fraction of sp³-hybridized carbons (Fsp3) is 0.158. The average Bonchev–Trinajstić information content (AvgIpc) is 2.91. The third-order valence-electron chi connectivity index (χ3n) is 4.47. The smallest absolute Gasteiger partial charge is 0.323 e. The number of carboxylic acid groups (broad SMARTS) is 1. The Hall–Kier alpha value is -3.08. The Labute approximate surface area is 138 Å². The molecule has 2 aromatic carbocycles. The molecule has 5 heteroatoms. The molecule has 4 rings (SSSR count). The SMILES string of the molecule is O=C(O)Cn1c2c(c3ccccc31)CCN(c1ccccc1)C2=O. The van der Waals surface area contributed by atoms with E-state index >= 15 is 0 Å². The van der Waals surface area contributed by atoms with Gasteiger partial charge in [-0.05, 0) is 30.2 Å². The summed E-state index contributed by atoms with van der Waals surface area (Å²) in [6.45, 7) is 0.376. The van der Waals surface area contributed by atoms with E-state index in [1.807, 2.05) is 54.6 Å². The minimum atomic E-state index is -0.955. The molecule has 5 nitrogen and oxygen atoms in total. The molecule has 0 saturated heterocycles. The van der Waals surface area contributed by atoms with Crippen LogP contribution in [0.2, 0.25) is 0 Å². The zero-order valence-corrected chi connectivity index (χ0v) is 13.0. The van der Waals surface area contributed by atoms with Crippen LogP contribution in [-0.4, -0.2) is 28.1 Å². The van der Waals surface area contributed by atoms with Crippen LogP contribution in [-0.2, 0) is 17.8 Å². The standard InChI is InChI=1S/C19H16N2O3/c22-17(23)12-21-16-9-5-4-8-14(16)15-10-11-20(19(24)18(15)21)13-6-2-1-3-7-13/h1-9H,10-12H2,(H,22,23). The second-order valence-corrected chi connectivity index (χ2v) is 5.87. The molecule has 0 saturated carbocycles. The van der Waals surface area contributed by atoms with Crippen LogP contribution in [0.3, 0.4) is 0 Å². The van der Waals surface area contributed by atoms with Crippen molar-refractivity contribution in [3.63, 3.8) is 0 Å². The summed E-state index contributed by atoms with van der Waals surface area (Å²) in [7, 11) is 0. The molecule has 0 spiro atoms. The van der Waals surface area contributed by atoms with E-state index in [4.69, 9.17) is 0 Å². The number of carboxylic acids is 1. The molecule has 0 aliphatic carbocycles. The second kappa shape index (κ2) is 5.53.